The zero-order chi connectivity index (χ0) is 13.7. The first kappa shape index (κ1) is 13.7. The van der Waals surface area contributed by atoms with E-state index in [4.69, 9.17) is 15.2 Å². The molecule has 0 bridgehead atoms. The van der Waals surface area contributed by atoms with Crippen molar-refractivity contribution in [2.75, 3.05) is 25.6 Å². The van der Waals surface area contributed by atoms with Crippen molar-refractivity contribution in [3.63, 3.8) is 0 Å². The average molecular weight is 264 g/mol. The summed E-state index contributed by atoms with van der Waals surface area (Å²) < 4.78 is 10.8. The zero-order valence-corrected chi connectivity index (χ0v) is 11.1. The monoisotopic (exact) mass is 264 g/mol. The number of hydrogen-bond donors (Lipinski definition) is 2. The Balaban J connectivity index is 1.79. The smallest absolute Gasteiger partial charge is 0.258 e. The lowest BCUT2D eigenvalue weighted by Gasteiger charge is -2.34. The van der Waals surface area contributed by atoms with Gasteiger partial charge in [-0.05, 0) is 44.0 Å². The first-order valence-corrected chi connectivity index (χ1v) is 6.44. The van der Waals surface area contributed by atoms with E-state index in [0.717, 1.165) is 19.4 Å². The summed E-state index contributed by atoms with van der Waals surface area (Å²) in [5.74, 6) is 0.499. The number of nitrogen functional groups attached to an aromatic ring is 1. The summed E-state index contributed by atoms with van der Waals surface area (Å²) in [6.07, 6.45) is 1.90. The fourth-order valence-electron chi connectivity index (χ4n) is 2.12. The summed E-state index contributed by atoms with van der Waals surface area (Å²) in [4.78, 5) is 11.8. The fraction of sp³-hybridized carbons (Fsp3) is 0.500. The average Bonchev–Trinajstić information content (AvgIpc) is 2.38. The van der Waals surface area contributed by atoms with Crippen LogP contribution in [0.25, 0.3) is 0 Å². The maximum Gasteiger partial charge on any atom is 0.258 e. The van der Waals surface area contributed by atoms with Gasteiger partial charge in [0.25, 0.3) is 5.91 Å². The van der Waals surface area contributed by atoms with Gasteiger partial charge in [0.1, 0.15) is 5.75 Å². The molecule has 19 heavy (non-hydrogen) atoms. The standard InChI is InChI=1S/C14H20N2O3/c1-14(7-2-8-18-10-14)16-13(17)9-19-12-5-3-11(15)4-6-12/h3-6H,2,7-10,15H2,1H3,(H,16,17). The van der Waals surface area contributed by atoms with Crippen LogP contribution in [-0.2, 0) is 9.53 Å². The molecule has 1 heterocycles. The number of ether oxygens (including phenoxy) is 2. The number of carbonyl (C=O) groups excluding carboxylic acids is 1. The molecule has 0 radical (unpaired) electrons. The Labute approximate surface area is 113 Å². The van der Waals surface area contributed by atoms with Crippen molar-refractivity contribution in [1.82, 2.24) is 5.32 Å². The van der Waals surface area contributed by atoms with Gasteiger partial charge in [-0.2, -0.15) is 0 Å². The van der Waals surface area contributed by atoms with Gasteiger partial charge in [0.15, 0.2) is 6.61 Å². The predicted octanol–water partition coefficient (Wildman–Crippen LogP) is 1.33. The Morgan fingerprint density at radius 1 is 1.47 bits per heavy atom. The lowest BCUT2D eigenvalue weighted by atomic mass is 9.95. The molecule has 1 atom stereocenters. The number of benzene rings is 1. The lowest BCUT2D eigenvalue weighted by molar-refractivity contribution is -0.126. The zero-order valence-electron chi connectivity index (χ0n) is 11.1. The highest BCUT2D eigenvalue weighted by atomic mass is 16.5. The van der Waals surface area contributed by atoms with Gasteiger partial charge in [0.2, 0.25) is 0 Å². The molecule has 0 aromatic heterocycles. The molecule has 1 aromatic rings. The van der Waals surface area contributed by atoms with Crippen LogP contribution in [0.2, 0.25) is 0 Å². The summed E-state index contributed by atoms with van der Waals surface area (Å²) in [6.45, 7) is 3.32. The molecular weight excluding hydrogens is 244 g/mol. The van der Waals surface area contributed by atoms with Gasteiger partial charge in [0.05, 0.1) is 12.1 Å². The van der Waals surface area contributed by atoms with Crippen molar-refractivity contribution in [3.8, 4) is 5.75 Å². The lowest BCUT2D eigenvalue weighted by Crippen LogP contribution is -2.52. The van der Waals surface area contributed by atoms with E-state index in [0.29, 0.717) is 18.0 Å². The van der Waals surface area contributed by atoms with E-state index in [1.54, 1.807) is 24.3 Å². The van der Waals surface area contributed by atoms with Gasteiger partial charge >= 0.3 is 0 Å². The van der Waals surface area contributed by atoms with Gasteiger partial charge in [-0.25, -0.2) is 0 Å². The van der Waals surface area contributed by atoms with E-state index >= 15 is 0 Å². The number of rotatable bonds is 4. The summed E-state index contributed by atoms with van der Waals surface area (Å²) in [5.41, 5.74) is 5.97. The Morgan fingerprint density at radius 3 is 2.84 bits per heavy atom. The Hall–Kier alpha value is -1.75. The molecule has 0 spiro atoms. The largest absolute Gasteiger partial charge is 0.484 e. The highest BCUT2D eigenvalue weighted by Crippen LogP contribution is 2.18. The van der Waals surface area contributed by atoms with E-state index < -0.39 is 0 Å². The molecule has 1 aliphatic rings. The van der Waals surface area contributed by atoms with E-state index in [2.05, 4.69) is 5.32 Å². The third-order valence-corrected chi connectivity index (χ3v) is 3.13. The second-order valence-corrected chi connectivity index (χ2v) is 5.12. The quantitative estimate of drug-likeness (QED) is 0.805. The van der Waals surface area contributed by atoms with Gasteiger partial charge in [-0.3, -0.25) is 4.79 Å². The minimum atomic E-state index is -0.278. The second kappa shape index (κ2) is 5.93. The van der Waals surface area contributed by atoms with E-state index in [1.807, 2.05) is 6.92 Å². The van der Waals surface area contributed by atoms with Crippen LogP contribution in [0.4, 0.5) is 5.69 Å². The van der Waals surface area contributed by atoms with Crippen molar-refractivity contribution < 1.29 is 14.3 Å². The molecule has 3 N–H and O–H groups in total. The van der Waals surface area contributed by atoms with Gasteiger partial charge < -0.3 is 20.5 Å². The van der Waals surface area contributed by atoms with Crippen LogP contribution in [0, 0.1) is 0 Å². The maximum absolute atomic E-state index is 11.8. The predicted molar refractivity (Wildman–Crippen MR) is 73.0 cm³/mol. The third kappa shape index (κ3) is 4.13. The molecule has 0 saturated carbocycles. The van der Waals surface area contributed by atoms with Crippen LogP contribution in [0.3, 0.4) is 0 Å². The molecule has 5 heteroatoms. The molecular formula is C14H20N2O3. The molecule has 1 amide bonds. The first-order chi connectivity index (χ1) is 9.07. The van der Waals surface area contributed by atoms with Crippen LogP contribution in [0.5, 0.6) is 5.75 Å². The molecule has 2 rings (SSSR count). The van der Waals surface area contributed by atoms with E-state index in [9.17, 15) is 4.79 Å². The SMILES string of the molecule is CC1(NC(=O)COc2ccc(N)cc2)CCCOC1. The summed E-state index contributed by atoms with van der Waals surface area (Å²) in [5, 5.41) is 2.96. The summed E-state index contributed by atoms with van der Waals surface area (Å²) in [7, 11) is 0. The van der Waals surface area contributed by atoms with E-state index in [1.165, 1.54) is 0 Å². The fourth-order valence-corrected chi connectivity index (χ4v) is 2.12. The number of carbonyl (C=O) groups is 1. The highest BCUT2D eigenvalue weighted by Gasteiger charge is 2.29. The molecule has 1 aliphatic heterocycles. The second-order valence-electron chi connectivity index (χ2n) is 5.12. The Morgan fingerprint density at radius 2 is 2.21 bits per heavy atom. The molecule has 1 unspecified atom stereocenters. The molecule has 1 aromatic carbocycles. The van der Waals surface area contributed by atoms with Crippen LogP contribution in [0.1, 0.15) is 19.8 Å². The first-order valence-electron chi connectivity index (χ1n) is 6.44. The summed E-state index contributed by atoms with van der Waals surface area (Å²) >= 11 is 0. The summed E-state index contributed by atoms with van der Waals surface area (Å²) in [6, 6.07) is 6.97. The molecule has 1 fully saturated rings. The van der Waals surface area contributed by atoms with Crippen LogP contribution in [0.15, 0.2) is 24.3 Å². The number of hydrogen-bond acceptors (Lipinski definition) is 4. The third-order valence-electron chi connectivity index (χ3n) is 3.13. The van der Waals surface area contributed by atoms with Crippen molar-refractivity contribution in [1.29, 1.82) is 0 Å². The Bertz CT molecular complexity index is 425. The van der Waals surface area contributed by atoms with Gasteiger partial charge in [-0.1, -0.05) is 0 Å². The topological polar surface area (TPSA) is 73.6 Å². The van der Waals surface area contributed by atoms with Crippen molar-refractivity contribution in [2.45, 2.75) is 25.3 Å². The molecule has 0 aliphatic carbocycles. The molecule has 104 valence electrons. The normalized spacial score (nSPS) is 22.8. The van der Waals surface area contributed by atoms with Gasteiger partial charge in [0, 0.05) is 12.3 Å². The van der Waals surface area contributed by atoms with Crippen molar-refractivity contribution in [2.24, 2.45) is 0 Å². The van der Waals surface area contributed by atoms with Crippen molar-refractivity contribution >= 4 is 11.6 Å². The minimum Gasteiger partial charge on any atom is -0.484 e. The van der Waals surface area contributed by atoms with Gasteiger partial charge in [-0.15, -0.1) is 0 Å². The number of nitrogens with one attached hydrogen (secondary N) is 1. The van der Waals surface area contributed by atoms with E-state index in [-0.39, 0.29) is 18.1 Å². The van der Waals surface area contributed by atoms with Crippen molar-refractivity contribution in [3.05, 3.63) is 24.3 Å². The molecule has 1 saturated heterocycles. The number of amides is 1. The maximum atomic E-state index is 11.8. The highest BCUT2D eigenvalue weighted by molar-refractivity contribution is 5.78. The minimum absolute atomic E-state index is 0.000488. The van der Waals surface area contributed by atoms with Crippen LogP contribution < -0.4 is 15.8 Å². The number of anilines is 1. The number of nitrogens with two attached hydrogens (primary N) is 1. The Kier molecular flexibility index (Phi) is 4.27. The molecule has 5 nitrogen and oxygen atoms in total. The van der Waals surface area contributed by atoms with Crippen LogP contribution >= 0.6 is 0 Å². The van der Waals surface area contributed by atoms with Crippen LogP contribution in [-0.4, -0.2) is 31.3 Å².